The first-order valence-electron chi connectivity index (χ1n) is 5.03. The van der Waals surface area contributed by atoms with E-state index in [4.69, 9.17) is 0 Å². The van der Waals surface area contributed by atoms with Crippen LogP contribution in [0, 0.1) is 0 Å². The van der Waals surface area contributed by atoms with E-state index in [0.29, 0.717) is 12.0 Å². The van der Waals surface area contributed by atoms with Crippen LogP contribution in [0.2, 0.25) is 0 Å². The molecule has 0 aromatic heterocycles. The third-order valence-electron chi connectivity index (χ3n) is 2.28. The smallest absolute Gasteiger partial charge is 0.254 e. The van der Waals surface area contributed by atoms with Gasteiger partial charge in [-0.15, -0.1) is 0 Å². The van der Waals surface area contributed by atoms with Crippen LogP contribution in [0.4, 0.5) is 0 Å². The summed E-state index contributed by atoms with van der Waals surface area (Å²) in [5.74, 6) is -0.615. The number of hydrogen-bond donors (Lipinski definition) is 1. The molecule has 0 radical (unpaired) electrons. The van der Waals surface area contributed by atoms with Gasteiger partial charge in [-0.25, -0.2) is 0 Å². The standard InChI is InChI=1S/C13H11NO2/c15-12-9-11(13(16)14-12)8-4-7-10-5-2-1-3-6-10/h1-7,9H,8H2,(H,14,15,16). The zero-order chi connectivity index (χ0) is 11.4. The summed E-state index contributed by atoms with van der Waals surface area (Å²) in [5.41, 5.74) is 1.59. The van der Waals surface area contributed by atoms with Crippen LogP contribution in [0.25, 0.3) is 6.08 Å². The van der Waals surface area contributed by atoms with Crippen molar-refractivity contribution in [3.05, 3.63) is 53.6 Å². The molecule has 0 saturated carbocycles. The minimum atomic E-state index is -0.326. The SMILES string of the molecule is O=C1C=C(CC=Cc2ccccc2)C(=O)N1. The molecule has 0 aliphatic carbocycles. The molecule has 16 heavy (non-hydrogen) atoms. The number of carbonyl (C=O) groups excluding carboxylic acids is 2. The number of imide groups is 1. The molecule has 3 heteroatoms. The van der Waals surface area contributed by atoms with E-state index < -0.39 is 0 Å². The zero-order valence-electron chi connectivity index (χ0n) is 8.64. The highest BCUT2D eigenvalue weighted by Gasteiger charge is 2.18. The maximum atomic E-state index is 11.2. The Bertz CT molecular complexity index is 472. The fourth-order valence-corrected chi connectivity index (χ4v) is 1.49. The third kappa shape index (κ3) is 2.45. The first-order valence-corrected chi connectivity index (χ1v) is 5.03. The predicted octanol–water partition coefficient (Wildman–Crippen LogP) is 1.67. The van der Waals surface area contributed by atoms with Crippen molar-refractivity contribution in [2.45, 2.75) is 6.42 Å². The van der Waals surface area contributed by atoms with Gasteiger partial charge in [-0.3, -0.25) is 14.9 Å². The van der Waals surface area contributed by atoms with Crippen LogP contribution in [0.1, 0.15) is 12.0 Å². The Morgan fingerprint density at radius 1 is 1.12 bits per heavy atom. The minimum absolute atomic E-state index is 0.289. The zero-order valence-corrected chi connectivity index (χ0v) is 8.64. The van der Waals surface area contributed by atoms with E-state index in [1.165, 1.54) is 6.08 Å². The average molecular weight is 213 g/mol. The molecule has 1 aliphatic heterocycles. The number of amides is 2. The number of benzene rings is 1. The molecular formula is C13H11NO2. The van der Waals surface area contributed by atoms with Gasteiger partial charge in [0.1, 0.15) is 0 Å². The Morgan fingerprint density at radius 3 is 2.50 bits per heavy atom. The molecule has 0 spiro atoms. The average Bonchev–Trinajstić information content (AvgIpc) is 2.59. The topological polar surface area (TPSA) is 46.2 Å². The lowest BCUT2D eigenvalue weighted by Crippen LogP contribution is -2.21. The number of carbonyl (C=O) groups is 2. The number of allylic oxidation sites excluding steroid dienone is 1. The molecule has 1 aliphatic rings. The van der Waals surface area contributed by atoms with Gasteiger partial charge >= 0.3 is 0 Å². The molecule has 0 saturated heterocycles. The van der Waals surface area contributed by atoms with E-state index in [1.807, 2.05) is 42.5 Å². The fourth-order valence-electron chi connectivity index (χ4n) is 1.49. The van der Waals surface area contributed by atoms with E-state index in [9.17, 15) is 9.59 Å². The first kappa shape index (κ1) is 10.4. The third-order valence-corrected chi connectivity index (χ3v) is 2.28. The maximum absolute atomic E-state index is 11.2. The summed E-state index contributed by atoms with van der Waals surface area (Å²) in [6.07, 6.45) is 5.63. The van der Waals surface area contributed by atoms with Crippen LogP contribution in [0.3, 0.4) is 0 Å². The molecule has 1 heterocycles. The van der Waals surface area contributed by atoms with Crippen molar-refractivity contribution in [2.24, 2.45) is 0 Å². The highest BCUT2D eigenvalue weighted by atomic mass is 16.2. The van der Waals surface area contributed by atoms with E-state index in [1.54, 1.807) is 0 Å². The van der Waals surface area contributed by atoms with Crippen molar-refractivity contribution >= 4 is 17.9 Å². The molecule has 0 bridgehead atoms. The van der Waals surface area contributed by atoms with Gasteiger partial charge in [-0.05, 0) is 12.0 Å². The van der Waals surface area contributed by atoms with Gasteiger partial charge in [0, 0.05) is 11.6 Å². The molecule has 3 nitrogen and oxygen atoms in total. The van der Waals surface area contributed by atoms with Gasteiger partial charge in [0.2, 0.25) is 0 Å². The summed E-state index contributed by atoms with van der Waals surface area (Å²) in [7, 11) is 0. The normalized spacial score (nSPS) is 15.4. The van der Waals surface area contributed by atoms with E-state index in [0.717, 1.165) is 5.56 Å². The highest BCUT2D eigenvalue weighted by molar-refractivity contribution is 6.16. The number of nitrogens with one attached hydrogen (secondary N) is 1. The van der Waals surface area contributed by atoms with Crippen molar-refractivity contribution in [3.63, 3.8) is 0 Å². The maximum Gasteiger partial charge on any atom is 0.254 e. The molecule has 2 amide bonds. The fraction of sp³-hybridized carbons (Fsp3) is 0.0769. The summed E-state index contributed by atoms with van der Waals surface area (Å²) < 4.78 is 0. The van der Waals surface area contributed by atoms with Gasteiger partial charge in [0.25, 0.3) is 11.8 Å². The summed E-state index contributed by atoms with van der Waals surface area (Å²) in [4.78, 5) is 22.1. The Kier molecular flexibility index (Phi) is 2.96. The second kappa shape index (κ2) is 4.57. The van der Waals surface area contributed by atoms with Crippen molar-refractivity contribution in [1.82, 2.24) is 5.32 Å². The number of hydrogen-bond acceptors (Lipinski definition) is 2. The van der Waals surface area contributed by atoms with Crippen molar-refractivity contribution in [2.75, 3.05) is 0 Å². The summed E-state index contributed by atoms with van der Waals surface area (Å²) in [6, 6.07) is 9.80. The molecule has 0 atom stereocenters. The minimum Gasteiger partial charge on any atom is -0.289 e. The Hall–Kier alpha value is -2.16. The highest BCUT2D eigenvalue weighted by Crippen LogP contribution is 2.10. The second-order valence-electron chi connectivity index (χ2n) is 3.51. The van der Waals surface area contributed by atoms with Crippen LogP contribution in [-0.4, -0.2) is 11.8 Å². The van der Waals surface area contributed by atoms with E-state index in [-0.39, 0.29) is 11.8 Å². The molecule has 1 aromatic rings. The predicted molar refractivity (Wildman–Crippen MR) is 61.3 cm³/mol. The first-order chi connectivity index (χ1) is 7.75. The largest absolute Gasteiger partial charge is 0.289 e. The summed E-state index contributed by atoms with van der Waals surface area (Å²) in [5, 5.41) is 2.21. The van der Waals surface area contributed by atoms with Crippen LogP contribution < -0.4 is 5.32 Å². The van der Waals surface area contributed by atoms with Gasteiger partial charge in [-0.2, -0.15) is 0 Å². The molecule has 1 aromatic carbocycles. The van der Waals surface area contributed by atoms with Gasteiger partial charge in [-0.1, -0.05) is 42.5 Å². The Balaban J connectivity index is 1.98. The van der Waals surface area contributed by atoms with Crippen molar-refractivity contribution in [3.8, 4) is 0 Å². The van der Waals surface area contributed by atoms with E-state index >= 15 is 0 Å². The van der Waals surface area contributed by atoms with Crippen LogP contribution in [0.15, 0.2) is 48.1 Å². The summed E-state index contributed by atoms with van der Waals surface area (Å²) in [6.45, 7) is 0. The number of rotatable bonds is 3. The lowest BCUT2D eigenvalue weighted by Gasteiger charge is -1.94. The molecule has 2 rings (SSSR count). The molecule has 0 unspecified atom stereocenters. The van der Waals surface area contributed by atoms with Crippen LogP contribution >= 0.6 is 0 Å². The van der Waals surface area contributed by atoms with Gasteiger partial charge < -0.3 is 0 Å². The second-order valence-corrected chi connectivity index (χ2v) is 3.51. The lowest BCUT2D eigenvalue weighted by molar-refractivity contribution is -0.123. The van der Waals surface area contributed by atoms with Gasteiger partial charge in [0.05, 0.1) is 0 Å². The Labute approximate surface area is 93.5 Å². The molecule has 80 valence electrons. The Morgan fingerprint density at radius 2 is 1.88 bits per heavy atom. The van der Waals surface area contributed by atoms with Crippen molar-refractivity contribution in [1.29, 1.82) is 0 Å². The summed E-state index contributed by atoms with van der Waals surface area (Å²) >= 11 is 0. The van der Waals surface area contributed by atoms with E-state index in [2.05, 4.69) is 5.32 Å². The monoisotopic (exact) mass is 213 g/mol. The lowest BCUT2D eigenvalue weighted by atomic mass is 10.1. The van der Waals surface area contributed by atoms with Crippen LogP contribution in [-0.2, 0) is 9.59 Å². The molecule has 1 N–H and O–H groups in total. The van der Waals surface area contributed by atoms with Crippen molar-refractivity contribution < 1.29 is 9.59 Å². The molecule has 0 fully saturated rings. The van der Waals surface area contributed by atoms with Crippen LogP contribution in [0.5, 0.6) is 0 Å². The quantitative estimate of drug-likeness (QED) is 0.776. The van der Waals surface area contributed by atoms with Gasteiger partial charge in [0.15, 0.2) is 0 Å². The molecular weight excluding hydrogens is 202 g/mol.